The van der Waals surface area contributed by atoms with Crippen molar-refractivity contribution in [1.29, 1.82) is 0 Å². The molecule has 0 fully saturated rings. The predicted octanol–water partition coefficient (Wildman–Crippen LogP) is 1.59. The standard InChI is InChI=1S/C10H12N4/c1-7-6-12-10(13-8(7)2)14-5-4-11-9(14)3/h4-6H,1-3H3. The van der Waals surface area contributed by atoms with Crippen LogP contribution in [0.2, 0.25) is 0 Å². The fraction of sp³-hybridized carbons (Fsp3) is 0.300. The summed E-state index contributed by atoms with van der Waals surface area (Å²) in [5.41, 5.74) is 2.11. The summed E-state index contributed by atoms with van der Waals surface area (Å²) < 4.78 is 1.87. The molecule has 72 valence electrons. The molecule has 0 spiro atoms. The highest BCUT2D eigenvalue weighted by Crippen LogP contribution is 2.07. The second kappa shape index (κ2) is 3.21. The van der Waals surface area contributed by atoms with Crippen LogP contribution in [0, 0.1) is 20.8 Å². The summed E-state index contributed by atoms with van der Waals surface area (Å²) in [6.07, 6.45) is 5.43. The molecule has 2 aromatic rings. The van der Waals surface area contributed by atoms with E-state index in [0.29, 0.717) is 5.95 Å². The van der Waals surface area contributed by atoms with E-state index in [2.05, 4.69) is 15.0 Å². The normalized spacial score (nSPS) is 10.5. The monoisotopic (exact) mass is 188 g/mol. The summed E-state index contributed by atoms with van der Waals surface area (Å²) in [7, 11) is 0. The van der Waals surface area contributed by atoms with Crippen LogP contribution in [-0.4, -0.2) is 19.5 Å². The lowest BCUT2D eigenvalue weighted by molar-refractivity contribution is 0.865. The molecular formula is C10H12N4. The van der Waals surface area contributed by atoms with Crippen molar-refractivity contribution in [2.24, 2.45) is 0 Å². The molecule has 0 aliphatic carbocycles. The Kier molecular flexibility index (Phi) is 2.04. The fourth-order valence-electron chi connectivity index (χ4n) is 1.22. The smallest absolute Gasteiger partial charge is 0.235 e. The van der Waals surface area contributed by atoms with E-state index in [1.165, 1.54) is 0 Å². The molecule has 2 heterocycles. The number of aromatic nitrogens is 4. The van der Waals surface area contributed by atoms with E-state index in [9.17, 15) is 0 Å². The van der Waals surface area contributed by atoms with Gasteiger partial charge in [-0.3, -0.25) is 4.57 Å². The molecule has 0 bridgehead atoms. The van der Waals surface area contributed by atoms with E-state index in [1.54, 1.807) is 6.20 Å². The van der Waals surface area contributed by atoms with Gasteiger partial charge in [0.15, 0.2) is 0 Å². The van der Waals surface area contributed by atoms with Gasteiger partial charge in [0.2, 0.25) is 5.95 Å². The van der Waals surface area contributed by atoms with Crippen LogP contribution in [0.5, 0.6) is 0 Å². The molecule has 0 atom stereocenters. The van der Waals surface area contributed by atoms with Gasteiger partial charge in [-0.15, -0.1) is 0 Å². The molecule has 0 aliphatic rings. The molecule has 14 heavy (non-hydrogen) atoms. The zero-order valence-corrected chi connectivity index (χ0v) is 8.52. The van der Waals surface area contributed by atoms with Gasteiger partial charge in [-0.05, 0) is 26.3 Å². The fourth-order valence-corrected chi connectivity index (χ4v) is 1.22. The SMILES string of the molecule is Cc1cnc(-n2ccnc2C)nc1C. The molecule has 0 amide bonds. The molecular weight excluding hydrogens is 176 g/mol. The molecule has 4 nitrogen and oxygen atoms in total. The van der Waals surface area contributed by atoms with E-state index in [4.69, 9.17) is 0 Å². The van der Waals surface area contributed by atoms with Crippen molar-refractivity contribution in [1.82, 2.24) is 19.5 Å². The zero-order chi connectivity index (χ0) is 10.1. The number of aryl methyl sites for hydroxylation is 3. The van der Waals surface area contributed by atoms with Gasteiger partial charge in [0.1, 0.15) is 5.82 Å². The van der Waals surface area contributed by atoms with Crippen LogP contribution in [0.15, 0.2) is 18.6 Å². The third kappa shape index (κ3) is 1.39. The Bertz CT molecular complexity index is 459. The minimum atomic E-state index is 0.683. The van der Waals surface area contributed by atoms with Gasteiger partial charge in [-0.1, -0.05) is 0 Å². The summed E-state index contributed by atoms with van der Waals surface area (Å²) in [5.74, 6) is 1.58. The average Bonchev–Trinajstić information content (AvgIpc) is 2.57. The predicted molar refractivity (Wildman–Crippen MR) is 53.4 cm³/mol. The van der Waals surface area contributed by atoms with Crippen LogP contribution in [0.25, 0.3) is 5.95 Å². The largest absolute Gasteiger partial charge is 0.272 e. The molecule has 0 unspecified atom stereocenters. The number of rotatable bonds is 1. The summed E-state index contributed by atoms with van der Waals surface area (Å²) in [4.78, 5) is 12.8. The maximum Gasteiger partial charge on any atom is 0.235 e. The summed E-state index contributed by atoms with van der Waals surface area (Å²) in [6, 6.07) is 0. The maximum absolute atomic E-state index is 4.39. The van der Waals surface area contributed by atoms with Crippen LogP contribution in [-0.2, 0) is 0 Å². The number of imidazole rings is 1. The Labute approximate surface area is 82.7 Å². The lowest BCUT2D eigenvalue weighted by Crippen LogP contribution is -2.03. The van der Waals surface area contributed by atoms with Gasteiger partial charge >= 0.3 is 0 Å². The van der Waals surface area contributed by atoms with Crippen molar-refractivity contribution in [3.05, 3.63) is 35.7 Å². The van der Waals surface area contributed by atoms with E-state index in [-0.39, 0.29) is 0 Å². The molecule has 2 aromatic heterocycles. The van der Waals surface area contributed by atoms with Crippen molar-refractivity contribution in [2.75, 3.05) is 0 Å². The van der Waals surface area contributed by atoms with Crippen molar-refractivity contribution in [3.8, 4) is 5.95 Å². The summed E-state index contributed by atoms with van der Waals surface area (Å²) in [5, 5.41) is 0. The van der Waals surface area contributed by atoms with Gasteiger partial charge < -0.3 is 0 Å². The van der Waals surface area contributed by atoms with Crippen molar-refractivity contribution < 1.29 is 0 Å². The van der Waals surface area contributed by atoms with E-state index in [1.807, 2.05) is 37.7 Å². The molecule has 0 aromatic carbocycles. The molecule has 0 radical (unpaired) electrons. The van der Waals surface area contributed by atoms with Gasteiger partial charge in [-0.25, -0.2) is 15.0 Å². The molecule has 0 N–H and O–H groups in total. The Hall–Kier alpha value is -1.71. The van der Waals surface area contributed by atoms with Crippen LogP contribution in [0.3, 0.4) is 0 Å². The average molecular weight is 188 g/mol. The lowest BCUT2D eigenvalue weighted by atomic mass is 10.3. The van der Waals surface area contributed by atoms with Crippen LogP contribution < -0.4 is 0 Å². The summed E-state index contributed by atoms with van der Waals surface area (Å²) in [6.45, 7) is 5.91. The van der Waals surface area contributed by atoms with Gasteiger partial charge in [-0.2, -0.15) is 0 Å². The van der Waals surface area contributed by atoms with E-state index < -0.39 is 0 Å². The van der Waals surface area contributed by atoms with Crippen LogP contribution >= 0.6 is 0 Å². The number of nitrogens with zero attached hydrogens (tertiary/aromatic N) is 4. The van der Waals surface area contributed by atoms with Crippen molar-refractivity contribution in [2.45, 2.75) is 20.8 Å². The van der Waals surface area contributed by atoms with E-state index >= 15 is 0 Å². The van der Waals surface area contributed by atoms with Gasteiger partial charge in [0, 0.05) is 24.3 Å². The lowest BCUT2D eigenvalue weighted by Gasteiger charge is -2.04. The highest BCUT2D eigenvalue weighted by Gasteiger charge is 2.04. The van der Waals surface area contributed by atoms with Gasteiger partial charge in [0.05, 0.1) is 0 Å². The first-order chi connectivity index (χ1) is 6.68. The topological polar surface area (TPSA) is 43.6 Å². The maximum atomic E-state index is 4.39. The number of hydrogen-bond donors (Lipinski definition) is 0. The van der Waals surface area contributed by atoms with Crippen LogP contribution in [0.1, 0.15) is 17.1 Å². The molecule has 0 saturated heterocycles. The third-order valence-electron chi connectivity index (χ3n) is 2.25. The Balaban J connectivity index is 2.53. The Morgan fingerprint density at radius 3 is 2.50 bits per heavy atom. The minimum Gasteiger partial charge on any atom is -0.272 e. The quantitative estimate of drug-likeness (QED) is 0.682. The number of hydrogen-bond acceptors (Lipinski definition) is 3. The van der Waals surface area contributed by atoms with Crippen molar-refractivity contribution in [3.63, 3.8) is 0 Å². The van der Waals surface area contributed by atoms with Crippen LogP contribution in [0.4, 0.5) is 0 Å². The molecule has 0 saturated carbocycles. The third-order valence-corrected chi connectivity index (χ3v) is 2.25. The Morgan fingerprint density at radius 2 is 1.93 bits per heavy atom. The second-order valence-electron chi connectivity index (χ2n) is 3.28. The minimum absolute atomic E-state index is 0.683. The first kappa shape index (κ1) is 8.87. The van der Waals surface area contributed by atoms with Gasteiger partial charge in [0.25, 0.3) is 0 Å². The zero-order valence-electron chi connectivity index (χ0n) is 8.52. The highest BCUT2D eigenvalue weighted by molar-refractivity contribution is 5.21. The summed E-state index contributed by atoms with van der Waals surface area (Å²) >= 11 is 0. The highest BCUT2D eigenvalue weighted by atomic mass is 15.2. The first-order valence-corrected chi connectivity index (χ1v) is 4.49. The second-order valence-corrected chi connectivity index (χ2v) is 3.28. The first-order valence-electron chi connectivity index (χ1n) is 4.49. The van der Waals surface area contributed by atoms with E-state index in [0.717, 1.165) is 17.1 Å². The van der Waals surface area contributed by atoms with Crippen molar-refractivity contribution >= 4 is 0 Å². The molecule has 4 heteroatoms. The Morgan fingerprint density at radius 1 is 1.14 bits per heavy atom. The molecule has 2 rings (SSSR count). The molecule has 0 aliphatic heterocycles.